The zero-order valence-corrected chi connectivity index (χ0v) is 14.0. The van der Waals surface area contributed by atoms with Crippen molar-refractivity contribution in [2.75, 3.05) is 5.32 Å². The van der Waals surface area contributed by atoms with Gasteiger partial charge in [0.2, 0.25) is 12.3 Å². The van der Waals surface area contributed by atoms with Crippen molar-refractivity contribution in [1.82, 2.24) is 4.98 Å². The van der Waals surface area contributed by atoms with Gasteiger partial charge in [0.05, 0.1) is 23.9 Å². The van der Waals surface area contributed by atoms with Gasteiger partial charge in [-0.05, 0) is 24.1 Å². The quantitative estimate of drug-likeness (QED) is 0.480. The van der Waals surface area contributed by atoms with Gasteiger partial charge in [0, 0.05) is 6.42 Å². The summed E-state index contributed by atoms with van der Waals surface area (Å²) in [5, 5.41) is 12.6. The lowest BCUT2D eigenvalue weighted by Crippen LogP contribution is -2.03. The first-order chi connectivity index (χ1) is 12.7. The van der Waals surface area contributed by atoms with Crippen molar-refractivity contribution in [1.29, 1.82) is 0 Å². The number of carbonyl (C=O) groups is 2. The number of carbonyl (C=O) groups excluding carboxylic acids is 2. The number of hydrogen-bond donors (Lipinski definition) is 2. The Morgan fingerprint density at radius 1 is 1.15 bits per heavy atom. The number of amides is 1. The Morgan fingerprint density at radius 2 is 1.96 bits per heavy atom. The summed E-state index contributed by atoms with van der Waals surface area (Å²) in [6.07, 6.45) is 3.21. The van der Waals surface area contributed by atoms with Crippen LogP contribution in [0, 0.1) is 0 Å². The molecule has 0 saturated carbocycles. The summed E-state index contributed by atoms with van der Waals surface area (Å²) in [6, 6.07) is 14.7. The van der Waals surface area contributed by atoms with Gasteiger partial charge in [-0.25, -0.2) is 4.98 Å². The van der Waals surface area contributed by atoms with E-state index in [1.54, 1.807) is 18.2 Å². The number of aromatic hydroxyl groups is 1. The Bertz CT molecular complexity index is 903. The molecule has 26 heavy (non-hydrogen) atoms. The van der Waals surface area contributed by atoms with Gasteiger partial charge in [-0.3, -0.25) is 9.59 Å². The molecule has 0 bridgehead atoms. The minimum atomic E-state index is -0.136. The van der Waals surface area contributed by atoms with Gasteiger partial charge in [-0.2, -0.15) is 0 Å². The first-order valence-electron chi connectivity index (χ1n) is 8.20. The second-order valence-corrected chi connectivity index (χ2v) is 5.80. The predicted octanol–water partition coefficient (Wildman–Crippen LogP) is 3.36. The summed E-state index contributed by atoms with van der Waals surface area (Å²) in [5.74, 6) is 0.551. The first-order valence-corrected chi connectivity index (χ1v) is 8.20. The Balaban J connectivity index is 1.65. The number of nitrogens with one attached hydrogen (secondary N) is 1. The SMILES string of the molecule is O=CNc1cccc(-c2ncc(CC(=O)CCc3ccccc3)o2)c1O. The molecule has 3 rings (SSSR count). The largest absolute Gasteiger partial charge is 0.505 e. The molecule has 132 valence electrons. The lowest BCUT2D eigenvalue weighted by molar-refractivity contribution is -0.118. The van der Waals surface area contributed by atoms with Gasteiger partial charge in [-0.1, -0.05) is 36.4 Å². The van der Waals surface area contributed by atoms with Crippen LogP contribution in [0.5, 0.6) is 5.75 Å². The number of oxazole rings is 1. The molecule has 3 aromatic rings. The molecule has 0 atom stereocenters. The molecule has 1 heterocycles. The van der Waals surface area contributed by atoms with Crippen LogP contribution in [0.4, 0.5) is 5.69 Å². The van der Waals surface area contributed by atoms with Crippen LogP contribution in [-0.4, -0.2) is 22.3 Å². The van der Waals surface area contributed by atoms with E-state index in [9.17, 15) is 14.7 Å². The van der Waals surface area contributed by atoms with E-state index in [1.807, 2.05) is 30.3 Å². The van der Waals surface area contributed by atoms with Crippen molar-refractivity contribution in [3.8, 4) is 17.2 Å². The third-order valence-corrected chi connectivity index (χ3v) is 3.94. The molecular weight excluding hydrogens is 332 g/mol. The van der Waals surface area contributed by atoms with Gasteiger partial charge >= 0.3 is 0 Å². The normalized spacial score (nSPS) is 10.5. The molecule has 0 aliphatic rings. The fraction of sp³-hybridized carbons (Fsp3) is 0.150. The number of anilines is 1. The van der Waals surface area contributed by atoms with Crippen molar-refractivity contribution in [3.05, 3.63) is 66.1 Å². The maximum atomic E-state index is 12.2. The van der Waals surface area contributed by atoms with Crippen LogP contribution in [0.1, 0.15) is 17.7 Å². The number of benzene rings is 2. The number of hydrogen-bond acceptors (Lipinski definition) is 5. The van der Waals surface area contributed by atoms with E-state index in [0.717, 1.165) is 5.56 Å². The molecular formula is C20H18N2O4. The lowest BCUT2D eigenvalue weighted by atomic mass is 10.1. The maximum Gasteiger partial charge on any atom is 0.230 e. The zero-order valence-electron chi connectivity index (χ0n) is 14.0. The van der Waals surface area contributed by atoms with Gasteiger partial charge in [0.1, 0.15) is 11.5 Å². The molecule has 1 amide bonds. The lowest BCUT2D eigenvalue weighted by Gasteiger charge is -2.05. The highest BCUT2D eigenvalue weighted by molar-refractivity contribution is 5.82. The van der Waals surface area contributed by atoms with Gasteiger partial charge in [-0.15, -0.1) is 0 Å². The minimum Gasteiger partial charge on any atom is -0.505 e. The Hall–Kier alpha value is -3.41. The number of para-hydroxylation sites is 1. The molecule has 0 aliphatic heterocycles. The molecule has 0 unspecified atom stereocenters. The standard InChI is InChI=1S/C20H18N2O4/c23-13-22-18-8-4-7-17(19(18)25)20-21-12-16(26-20)11-15(24)10-9-14-5-2-1-3-6-14/h1-8,12-13,25H,9-11H2,(H,22,23). The van der Waals surface area contributed by atoms with E-state index in [2.05, 4.69) is 10.3 Å². The fourth-order valence-electron chi connectivity index (χ4n) is 2.62. The molecule has 0 radical (unpaired) electrons. The third-order valence-electron chi connectivity index (χ3n) is 3.94. The Labute approximate surface area is 150 Å². The summed E-state index contributed by atoms with van der Waals surface area (Å²) in [6.45, 7) is 0. The van der Waals surface area contributed by atoms with Crippen molar-refractivity contribution in [2.24, 2.45) is 0 Å². The van der Waals surface area contributed by atoms with Gasteiger partial charge in [0.25, 0.3) is 0 Å². The van der Waals surface area contributed by atoms with E-state index in [4.69, 9.17) is 4.42 Å². The number of phenols is 1. The van der Waals surface area contributed by atoms with Gasteiger partial charge in [0.15, 0.2) is 5.75 Å². The summed E-state index contributed by atoms with van der Waals surface area (Å²) in [5.41, 5.74) is 1.72. The maximum absolute atomic E-state index is 12.2. The van der Waals surface area contributed by atoms with E-state index < -0.39 is 0 Å². The second kappa shape index (κ2) is 8.11. The summed E-state index contributed by atoms with van der Waals surface area (Å²) in [4.78, 5) is 26.8. The predicted molar refractivity (Wildman–Crippen MR) is 96.8 cm³/mol. The van der Waals surface area contributed by atoms with Crippen molar-refractivity contribution < 1.29 is 19.1 Å². The summed E-state index contributed by atoms with van der Waals surface area (Å²) in [7, 11) is 0. The Morgan fingerprint density at radius 3 is 2.73 bits per heavy atom. The number of Topliss-reactive ketones (excluding diaryl/α,β-unsaturated/α-hetero) is 1. The van der Waals surface area contributed by atoms with Crippen LogP contribution in [0.2, 0.25) is 0 Å². The van der Waals surface area contributed by atoms with Gasteiger partial charge < -0.3 is 14.8 Å². The number of aromatic nitrogens is 1. The van der Waals surface area contributed by atoms with Crippen LogP contribution in [0.3, 0.4) is 0 Å². The van der Waals surface area contributed by atoms with Crippen LogP contribution in [-0.2, 0) is 22.4 Å². The number of rotatable bonds is 8. The molecule has 2 N–H and O–H groups in total. The minimum absolute atomic E-state index is 0.0529. The molecule has 0 spiro atoms. The number of ketones is 1. The summed E-state index contributed by atoms with van der Waals surface area (Å²) >= 11 is 0. The zero-order chi connectivity index (χ0) is 18.4. The smallest absolute Gasteiger partial charge is 0.230 e. The van der Waals surface area contributed by atoms with Crippen LogP contribution in [0.25, 0.3) is 11.5 Å². The molecule has 0 aliphatic carbocycles. The molecule has 6 nitrogen and oxygen atoms in total. The number of aryl methyl sites for hydroxylation is 1. The Kier molecular flexibility index (Phi) is 5.43. The fourth-order valence-corrected chi connectivity index (χ4v) is 2.62. The van der Waals surface area contributed by atoms with E-state index in [1.165, 1.54) is 6.20 Å². The van der Waals surface area contributed by atoms with Crippen molar-refractivity contribution >= 4 is 17.9 Å². The average molecular weight is 350 g/mol. The highest BCUT2D eigenvalue weighted by atomic mass is 16.4. The van der Waals surface area contributed by atoms with E-state index in [0.29, 0.717) is 30.6 Å². The summed E-state index contributed by atoms with van der Waals surface area (Å²) < 4.78 is 5.60. The molecule has 0 fully saturated rings. The number of nitrogens with zero attached hydrogens (tertiary/aromatic N) is 1. The average Bonchev–Trinajstić information content (AvgIpc) is 3.11. The monoisotopic (exact) mass is 350 g/mol. The van der Waals surface area contributed by atoms with Crippen LogP contribution < -0.4 is 5.32 Å². The van der Waals surface area contributed by atoms with Crippen molar-refractivity contribution in [3.63, 3.8) is 0 Å². The molecule has 6 heteroatoms. The molecule has 2 aromatic carbocycles. The van der Waals surface area contributed by atoms with Crippen LogP contribution in [0.15, 0.2) is 59.1 Å². The highest BCUT2D eigenvalue weighted by Crippen LogP contribution is 2.34. The first kappa shape index (κ1) is 17.4. The molecule has 0 saturated heterocycles. The third kappa shape index (κ3) is 4.16. The number of phenolic OH excluding ortho intramolecular Hbond substituents is 1. The van der Waals surface area contributed by atoms with E-state index >= 15 is 0 Å². The topological polar surface area (TPSA) is 92.4 Å². The van der Waals surface area contributed by atoms with Crippen molar-refractivity contribution in [2.45, 2.75) is 19.3 Å². The second-order valence-electron chi connectivity index (χ2n) is 5.80. The molecule has 1 aromatic heterocycles. The van der Waals surface area contributed by atoms with E-state index in [-0.39, 0.29) is 29.5 Å². The van der Waals surface area contributed by atoms with Crippen LogP contribution >= 0.6 is 0 Å². The highest BCUT2D eigenvalue weighted by Gasteiger charge is 2.15.